The van der Waals surface area contributed by atoms with Crippen molar-refractivity contribution in [1.29, 1.82) is 0 Å². The summed E-state index contributed by atoms with van der Waals surface area (Å²) in [6.45, 7) is 4.02. The molecular formula is C16H21N5OS. The lowest BCUT2D eigenvalue weighted by atomic mass is 9.84. The fourth-order valence-electron chi connectivity index (χ4n) is 4.30. The molecule has 6 nitrogen and oxygen atoms in total. The molecule has 122 valence electrons. The van der Waals surface area contributed by atoms with Gasteiger partial charge in [-0.25, -0.2) is 9.97 Å². The first-order valence-electron chi connectivity index (χ1n) is 8.26. The maximum atomic E-state index is 12.6. The zero-order chi connectivity index (χ0) is 16.0. The number of fused-ring (bicyclic) bond motifs is 2. The number of hydrogen-bond donors (Lipinski definition) is 2. The lowest BCUT2D eigenvalue weighted by molar-refractivity contribution is 0.0918. The minimum atomic E-state index is -0.0129. The standard InChI is InChI=1S/C16H21N5OS/c1-8(12-6-10-3-4-11(12)5-10)19-15(22)13-9(2)20-16(23-13)14-17-7-18-21-14/h7-8,10-12H,3-6H2,1-2H3,(H,19,22)(H,17,18,21)/t8-,10+,11+,12+/m1/s1. The van der Waals surface area contributed by atoms with Crippen LogP contribution in [-0.4, -0.2) is 32.1 Å². The Morgan fingerprint density at radius 1 is 1.43 bits per heavy atom. The third kappa shape index (κ3) is 2.67. The van der Waals surface area contributed by atoms with E-state index in [1.807, 2.05) is 6.92 Å². The topological polar surface area (TPSA) is 83.6 Å². The number of carbonyl (C=O) groups excluding carboxylic acids is 1. The molecule has 4 rings (SSSR count). The predicted molar refractivity (Wildman–Crippen MR) is 88.1 cm³/mol. The second-order valence-corrected chi connectivity index (χ2v) is 7.87. The Labute approximate surface area is 139 Å². The van der Waals surface area contributed by atoms with Crippen LogP contribution in [0.1, 0.15) is 48.0 Å². The van der Waals surface area contributed by atoms with Crippen molar-refractivity contribution in [1.82, 2.24) is 25.5 Å². The Hall–Kier alpha value is -1.76. The number of thiazole rings is 1. The molecule has 0 radical (unpaired) electrons. The Balaban J connectivity index is 1.47. The molecular weight excluding hydrogens is 310 g/mol. The average molecular weight is 331 g/mol. The Kier molecular flexibility index (Phi) is 3.67. The van der Waals surface area contributed by atoms with Gasteiger partial charge in [0.25, 0.3) is 5.91 Å². The van der Waals surface area contributed by atoms with Crippen LogP contribution in [0.3, 0.4) is 0 Å². The van der Waals surface area contributed by atoms with Crippen molar-refractivity contribution >= 4 is 17.2 Å². The average Bonchev–Trinajstić information content (AvgIpc) is 3.30. The van der Waals surface area contributed by atoms with Crippen LogP contribution < -0.4 is 5.32 Å². The summed E-state index contributed by atoms with van der Waals surface area (Å²) < 4.78 is 0. The van der Waals surface area contributed by atoms with Gasteiger partial charge in [0.2, 0.25) is 0 Å². The first kappa shape index (κ1) is 14.8. The molecule has 2 aliphatic carbocycles. The fraction of sp³-hybridized carbons (Fsp3) is 0.625. The van der Waals surface area contributed by atoms with Crippen LogP contribution in [0, 0.1) is 24.7 Å². The number of aromatic amines is 1. The number of carbonyl (C=O) groups is 1. The predicted octanol–water partition coefficient (Wildman–Crippen LogP) is 2.79. The van der Waals surface area contributed by atoms with Crippen LogP contribution in [-0.2, 0) is 0 Å². The normalized spacial score (nSPS) is 27.3. The van der Waals surface area contributed by atoms with Crippen LogP contribution in [0.25, 0.3) is 10.8 Å². The van der Waals surface area contributed by atoms with E-state index in [0.29, 0.717) is 21.6 Å². The van der Waals surface area contributed by atoms with Gasteiger partial charge < -0.3 is 5.32 Å². The van der Waals surface area contributed by atoms with E-state index in [4.69, 9.17) is 0 Å². The summed E-state index contributed by atoms with van der Waals surface area (Å²) in [5.41, 5.74) is 0.749. The van der Waals surface area contributed by atoms with E-state index in [9.17, 15) is 4.79 Å². The molecule has 2 heterocycles. The summed E-state index contributed by atoms with van der Waals surface area (Å²) in [4.78, 5) is 21.8. The zero-order valence-electron chi connectivity index (χ0n) is 13.4. The lowest BCUT2D eigenvalue weighted by Crippen LogP contribution is -2.40. The van der Waals surface area contributed by atoms with Gasteiger partial charge in [0.1, 0.15) is 11.2 Å². The van der Waals surface area contributed by atoms with Gasteiger partial charge in [-0.2, -0.15) is 5.10 Å². The van der Waals surface area contributed by atoms with Crippen molar-refractivity contribution in [2.24, 2.45) is 17.8 Å². The van der Waals surface area contributed by atoms with Gasteiger partial charge in [0, 0.05) is 6.04 Å². The van der Waals surface area contributed by atoms with E-state index in [0.717, 1.165) is 17.5 Å². The molecule has 1 amide bonds. The number of hydrogen-bond acceptors (Lipinski definition) is 5. The minimum absolute atomic E-state index is 0.0129. The maximum absolute atomic E-state index is 12.6. The molecule has 0 spiro atoms. The van der Waals surface area contributed by atoms with Crippen molar-refractivity contribution in [2.45, 2.75) is 45.6 Å². The molecule has 4 atom stereocenters. The quantitative estimate of drug-likeness (QED) is 0.902. The van der Waals surface area contributed by atoms with Gasteiger partial charge in [-0.15, -0.1) is 11.3 Å². The fourth-order valence-corrected chi connectivity index (χ4v) is 5.22. The highest BCUT2D eigenvalue weighted by atomic mass is 32.1. The molecule has 2 saturated carbocycles. The first-order valence-corrected chi connectivity index (χ1v) is 9.07. The first-order chi connectivity index (χ1) is 11.1. The van der Waals surface area contributed by atoms with Crippen molar-refractivity contribution in [3.05, 3.63) is 16.9 Å². The summed E-state index contributed by atoms with van der Waals surface area (Å²) in [6, 6.07) is 0.230. The Morgan fingerprint density at radius 3 is 2.96 bits per heavy atom. The number of amides is 1. The summed E-state index contributed by atoms with van der Waals surface area (Å²) in [7, 11) is 0. The van der Waals surface area contributed by atoms with Gasteiger partial charge in [-0.1, -0.05) is 6.42 Å². The molecule has 2 bridgehead atoms. The highest BCUT2D eigenvalue weighted by Crippen LogP contribution is 2.49. The summed E-state index contributed by atoms with van der Waals surface area (Å²) >= 11 is 1.37. The Bertz CT molecular complexity index is 710. The van der Waals surface area contributed by atoms with Crippen LogP contribution in [0.15, 0.2) is 6.33 Å². The molecule has 0 saturated heterocycles. The highest BCUT2D eigenvalue weighted by Gasteiger charge is 2.42. The highest BCUT2D eigenvalue weighted by molar-refractivity contribution is 7.17. The molecule has 0 unspecified atom stereocenters. The maximum Gasteiger partial charge on any atom is 0.263 e. The molecule has 7 heteroatoms. The molecule has 2 aromatic heterocycles. The van der Waals surface area contributed by atoms with Gasteiger partial charge in [0.15, 0.2) is 10.8 Å². The molecule has 2 aromatic rings. The number of rotatable bonds is 4. The van der Waals surface area contributed by atoms with E-state index in [1.54, 1.807) is 0 Å². The Morgan fingerprint density at radius 2 is 2.30 bits per heavy atom. The van der Waals surface area contributed by atoms with E-state index in [-0.39, 0.29) is 11.9 Å². The van der Waals surface area contributed by atoms with Crippen LogP contribution >= 0.6 is 11.3 Å². The van der Waals surface area contributed by atoms with Gasteiger partial charge in [-0.05, 0) is 50.9 Å². The third-order valence-electron chi connectivity index (χ3n) is 5.41. The van der Waals surface area contributed by atoms with E-state index >= 15 is 0 Å². The summed E-state index contributed by atoms with van der Waals surface area (Å²) in [5.74, 6) is 2.94. The van der Waals surface area contributed by atoms with Crippen LogP contribution in [0.4, 0.5) is 0 Å². The van der Waals surface area contributed by atoms with Gasteiger partial charge in [-0.3, -0.25) is 9.89 Å². The number of aromatic nitrogens is 4. The number of nitrogens with zero attached hydrogens (tertiary/aromatic N) is 3. The van der Waals surface area contributed by atoms with Crippen LogP contribution in [0.2, 0.25) is 0 Å². The van der Waals surface area contributed by atoms with Crippen molar-refractivity contribution in [3.8, 4) is 10.8 Å². The monoisotopic (exact) mass is 331 g/mol. The molecule has 2 fully saturated rings. The third-order valence-corrected chi connectivity index (χ3v) is 6.58. The second kappa shape index (κ2) is 5.70. The van der Waals surface area contributed by atoms with Gasteiger partial charge in [0.05, 0.1) is 5.69 Å². The largest absolute Gasteiger partial charge is 0.349 e. The SMILES string of the molecule is Cc1nc(-c2ncn[nH]2)sc1C(=O)N[C@H](C)[C@@H]1C[C@H]2CC[C@H]1C2. The zero-order valence-corrected chi connectivity index (χ0v) is 14.2. The molecule has 23 heavy (non-hydrogen) atoms. The smallest absolute Gasteiger partial charge is 0.263 e. The molecule has 2 aliphatic rings. The van der Waals surface area contributed by atoms with Crippen molar-refractivity contribution in [3.63, 3.8) is 0 Å². The van der Waals surface area contributed by atoms with E-state index in [2.05, 4.69) is 32.4 Å². The molecule has 2 N–H and O–H groups in total. The van der Waals surface area contributed by atoms with Crippen molar-refractivity contribution < 1.29 is 4.79 Å². The lowest BCUT2D eigenvalue weighted by Gasteiger charge is -2.28. The number of H-pyrrole nitrogens is 1. The number of aryl methyl sites for hydroxylation is 1. The number of nitrogens with one attached hydrogen (secondary N) is 2. The van der Waals surface area contributed by atoms with Crippen LogP contribution in [0.5, 0.6) is 0 Å². The minimum Gasteiger partial charge on any atom is -0.349 e. The second-order valence-electron chi connectivity index (χ2n) is 6.87. The molecule has 0 aliphatic heterocycles. The van der Waals surface area contributed by atoms with E-state index in [1.165, 1.54) is 43.3 Å². The molecule has 0 aromatic carbocycles. The van der Waals surface area contributed by atoms with E-state index < -0.39 is 0 Å². The summed E-state index contributed by atoms with van der Waals surface area (Å²) in [5, 5.41) is 10.5. The van der Waals surface area contributed by atoms with Crippen molar-refractivity contribution in [2.75, 3.05) is 0 Å². The summed E-state index contributed by atoms with van der Waals surface area (Å²) in [6.07, 6.45) is 6.81. The van der Waals surface area contributed by atoms with Gasteiger partial charge >= 0.3 is 0 Å².